The van der Waals surface area contributed by atoms with Crippen molar-refractivity contribution in [3.63, 3.8) is 0 Å². The topological polar surface area (TPSA) is 70.8 Å². The molecule has 1 saturated carbocycles. The normalized spacial score (nSPS) is 15.6. The van der Waals surface area contributed by atoms with Gasteiger partial charge in [-0.2, -0.15) is 0 Å². The summed E-state index contributed by atoms with van der Waals surface area (Å²) in [4.78, 5) is 25.5. The maximum Gasteiger partial charge on any atom is 0.308 e. The molecule has 0 aliphatic heterocycles. The number of furan rings is 1. The van der Waals surface area contributed by atoms with Crippen molar-refractivity contribution in [2.24, 2.45) is 5.92 Å². The zero-order valence-electron chi connectivity index (χ0n) is 13.6. The van der Waals surface area contributed by atoms with Gasteiger partial charge in [-0.15, -0.1) is 0 Å². The molecular formula is C18H21NO4. The van der Waals surface area contributed by atoms with Crippen molar-refractivity contribution in [1.29, 1.82) is 0 Å². The van der Waals surface area contributed by atoms with E-state index in [-0.39, 0.29) is 24.3 Å². The molecule has 1 amide bonds. The monoisotopic (exact) mass is 315 g/mol. The van der Waals surface area contributed by atoms with E-state index in [0.29, 0.717) is 5.58 Å². The minimum atomic E-state index is -0.890. The Hall–Kier alpha value is -2.30. The second-order valence-corrected chi connectivity index (χ2v) is 6.51. The number of aryl methyl sites for hydroxylation is 2. The van der Waals surface area contributed by atoms with Gasteiger partial charge in [0, 0.05) is 18.0 Å². The summed E-state index contributed by atoms with van der Waals surface area (Å²) in [5.74, 6) is -1.41. The molecule has 1 fully saturated rings. The fourth-order valence-electron chi connectivity index (χ4n) is 2.71. The lowest BCUT2D eigenvalue weighted by Crippen LogP contribution is -2.38. The highest BCUT2D eigenvalue weighted by Gasteiger charge is 2.36. The van der Waals surface area contributed by atoms with Crippen LogP contribution in [0.2, 0.25) is 0 Å². The first-order valence-electron chi connectivity index (χ1n) is 7.91. The number of hydrogen-bond acceptors (Lipinski definition) is 3. The van der Waals surface area contributed by atoms with Crippen LogP contribution in [0.25, 0.3) is 11.0 Å². The first-order valence-corrected chi connectivity index (χ1v) is 7.91. The van der Waals surface area contributed by atoms with Gasteiger partial charge in [-0.05, 0) is 56.0 Å². The first kappa shape index (κ1) is 15.6. The van der Waals surface area contributed by atoms with Crippen LogP contribution in [0.5, 0.6) is 0 Å². The molecular weight excluding hydrogens is 294 g/mol. The van der Waals surface area contributed by atoms with Crippen LogP contribution in [0.1, 0.15) is 41.4 Å². The van der Waals surface area contributed by atoms with Crippen molar-refractivity contribution >= 4 is 22.8 Å². The Kier molecular flexibility index (Phi) is 3.88. The summed E-state index contributed by atoms with van der Waals surface area (Å²) in [6, 6.07) is 5.83. The lowest BCUT2D eigenvalue weighted by molar-refractivity contribution is -0.141. The summed E-state index contributed by atoms with van der Waals surface area (Å²) in [6.45, 7) is 5.86. The number of rotatable bonds is 5. The summed E-state index contributed by atoms with van der Waals surface area (Å²) >= 11 is 0. The van der Waals surface area contributed by atoms with Crippen molar-refractivity contribution in [2.75, 3.05) is 6.54 Å². The molecule has 2 aromatic rings. The molecule has 0 saturated heterocycles. The van der Waals surface area contributed by atoms with Gasteiger partial charge in [-0.3, -0.25) is 9.59 Å². The molecule has 1 aromatic heterocycles. The largest absolute Gasteiger partial charge is 0.481 e. The second kappa shape index (κ2) is 5.72. The van der Waals surface area contributed by atoms with E-state index in [9.17, 15) is 9.59 Å². The number of aliphatic carboxylic acids is 1. The molecule has 5 heteroatoms. The van der Waals surface area contributed by atoms with Gasteiger partial charge in [-0.1, -0.05) is 6.92 Å². The average molecular weight is 315 g/mol. The molecule has 1 N–H and O–H groups in total. The molecule has 1 heterocycles. The minimum Gasteiger partial charge on any atom is -0.481 e. The molecule has 0 bridgehead atoms. The van der Waals surface area contributed by atoms with Gasteiger partial charge in [-0.25, -0.2) is 0 Å². The first-order chi connectivity index (χ1) is 10.9. The fraction of sp³-hybridized carbons (Fsp3) is 0.444. The number of benzene rings is 1. The third-order valence-corrected chi connectivity index (χ3v) is 4.48. The van der Waals surface area contributed by atoms with E-state index < -0.39 is 11.9 Å². The van der Waals surface area contributed by atoms with E-state index in [1.165, 1.54) is 0 Å². The second-order valence-electron chi connectivity index (χ2n) is 6.51. The minimum absolute atomic E-state index is 0.140. The summed E-state index contributed by atoms with van der Waals surface area (Å²) in [5, 5.41) is 10.0. The van der Waals surface area contributed by atoms with Crippen LogP contribution in [-0.2, 0) is 4.79 Å². The molecule has 23 heavy (non-hydrogen) atoms. The zero-order valence-corrected chi connectivity index (χ0v) is 13.6. The fourth-order valence-corrected chi connectivity index (χ4v) is 2.71. The predicted octanol–water partition coefficient (Wildman–Crippen LogP) is 3.37. The van der Waals surface area contributed by atoms with Crippen LogP contribution in [0.3, 0.4) is 0 Å². The van der Waals surface area contributed by atoms with E-state index >= 15 is 0 Å². The molecule has 1 atom stereocenters. The molecule has 5 nitrogen and oxygen atoms in total. The van der Waals surface area contributed by atoms with E-state index in [2.05, 4.69) is 0 Å². The van der Waals surface area contributed by atoms with Crippen LogP contribution in [0.4, 0.5) is 0 Å². The number of fused-ring (bicyclic) bond motifs is 1. The van der Waals surface area contributed by atoms with Gasteiger partial charge in [0.25, 0.3) is 5.91 Å². The number of carboxylic acid groups (broad SMARTS) is 1. The standard InChI is InChI=1S/C18H21NO4/c1-10-6-13-8-16(23-15(13)7-11(10)2)17(20)19(14-4-5-14)9-12(3)18(21)22/h6-8,12,14H,4-5,9H2,1-3H3,(H,21,22). The zero-order chi connectivity index (χ0) is 16.7. The Labute approximate surface area is 134 Å². The van der Waals surface area contributed by atoms with Crippen LogP contribution in [0, 0.1) is 19.8 Å². The van der Waals surface area contributed by atoms with Crippen molar-refractivity contribution in [3.8, 4) is 0 Å². The Balaban J connectivity index is 1.89. The Morgan fingerprint density at radius 1 is 1.26 bits per heavy atom. The molecule has 3 rings (SSSR count). The lowest BCUT2D eigenvalue weighted by atomic mass is 10.1. The van der Waals surface area contributed by atoms with Gasteiger partial charge in [0.15, 0.2) is 5.76 Å². The Morgan fingerprint density at radius 2 is 1.91 bits per heavy atom. The molecule has 1 aliphatic carbocycles. The third-order valence-electron chi connectivity index (χ3n) is 4.48. The van der Waals surface area contributed by atoms with E-state index in [1.807, 2.05) is 26.0 Å². The Morgan fingerprint density at radius 3 is 2.52 bits per heavy atom. The molecule has 0 radical (unpaired) electrons. The number of carbonyl (C=O) groups excluding carboxylic acids is 1. The highest BCUT2D eigenvalue weighted by atomic mass is 16.4. The predicted molar refractivity (Wildman–Crippen MR) is 86.5 cm³/mol. The van der Waals surface area contributed by atoms with E-state index in [1.54, 1.807) is 17.9 Å². The van der Waals surface area contributed by atoms with Crippen LogP contribution in [0.15, 0.2) is 22.6 Å². The van der Waals surface area contributed by atoms with Gasteiger partial charge in [0.1, 0.15) is 5.58 Å². The van der Waals surface area contributed by atoms with Gasteiger partial charge in [0.2, 0.25) is 0 Å². The molecule has 122 valence electrons. The summed E-state index contributed by atoms with van der Waals surface area (Å²) < 4.78 is 5.73. The average Bonchev–Trinajstić information content (AvgIpc) is 3.25. The molecule has 1 unspecified atom stereocenters. The van der Waals surface area contributed by atoms with Crippen molar-refractivity contribution in [3.05, 3.63) is 35.1 Å². The summed E-state index contributed by atoms with van der Waals surface area (Å²) in [6.07, 6.45) is 1.85. The van der Waals surface area contributed by atoms with Crippen LogP contribution < -0.4 is 0 Å². The highest BCUT2D eigenvalue weighted by Crippen LogP contribution is 2.31. The van der Waals surface area contributed by atoms with Crippen LogP contribution in [-0.4, -0.2) is 34.5 Å². The van der Waals surface area contributed by atoms with E-state index in [0.717, 1.165) is 29.4 Å². The van der Waals surface area contributed by atoms with Crippen molar-refractivity contribution in [1.82, 2.24) is 4.90 Å². The Bertz CT molecular complexity index is 734. The summed E-state index contributed by atoms with van der Waals surface area (Å²) in [7, 11) is 0. The molecule has 0 spiro atoms. The van der Waals surface area contributed by atoms with Gasteiger partial charge >= 0.3 is 5.97 Å². The number of amides is 1. The number of carbonyl (C=O) groups is 2. The summed E-state index contributed by atoms with van der Waals surface area (Å²) in [5.41, 5.74) is 2.96. The quantitative estimate of drug-likeness (QED) is 0.918. The van der Waals surface area contributed by atoms with Crippen molar-refractivity contribution < 1.29 is 19.1 Å². The number of hydrogen-bond donors (Lipinski definition) is 1. The lowest BCUT2D eigenvalue weighted by Gasteiger charge is -2.23. The maximum atomic E-state index is 12.8. The highest BCUT2D eigenvalue weighted by molar-refractivity contribution is 5.96. The van der Waals surface area contributed by atoms with E-state index in [4.69, 9.17) is 9.52 Å². The number of carboxylic acids is 1. The third kappa shape index (κ3) is 3.09. The van der Waals surface area contributed by atoms with Crippen molar-refractivity contribution in [2.45, 2.75) is 39.7 Å². The smallest absolute Gasteiger partial charge is 0.308 e. The molecule has 1 aliphatic rings. The SMILES string of the molecule is Cc1cc2cc(C(=O)N(CC(C)C(=O)O)C3CC3)oc2cc1C. The van der Waals surface area contributed by atoms with Gasteiger partial charge in [0.05, 0.1) is 5.92 Å². The number of nitrogens with zero attached hydrogens (tertiary/aromatic N) is 1. The van der Waals surface area contributed by atoms with Crippen LogP contribution >= 0.6 is 0 Å². The van der Waals surface area contributed by atoms with Gasteiger partial charge < -0.3 is 14.4 Å². The maximum absolute atomic E-state index is 12.8. The molecule has 1 aromatic carbocycles.